The highest BCUT2D eigenvalue weighted by molar-refractivity contribution is 5.96. The number of hydrogen-bond donors (Lipinski definition) is 2. The zero-order chi connectivity index (χ0) is 37.3. The first-order valence-electron chi connectivity index (χ1n) is 13.8. The Morgan fingerprint density at radius 3 is 1.10 bits per heavy atom. The number of carbonyl (C=O) groups is 2. The molecule has 270 valence electrons. The van der Waals surface area contributed by atoms with Crippen LogP contribution in [0.15, 0.2) is 83.0 Å². The van der Waals surface area contributed by atoms with Crippen LogP contribution in [0.5, 0.6) is 0 Å². The van der Waals surface area contributed by atoms with Crippen molar-refractivity contribution in [2.75, 3.05) is 36.0 Å². The lowest BCUT2D eigenvalue weighted by molar-refractivity contribution is -0.138. The molecule has 0 aliphatic carbocycles. The van der Waals surface area contributed by atoms with Gasteiger partial charge in [-0.1, -0.05) is 18.2 Å². The second-order valence-corrected chi connectivity index (χ2v) is 10.3. The van der Waals surface area contributed by atoms with E-state index in [-0.39, 0.29) is 20.9 Å². The summed E-state index contributed by atoms with van der Waals surface area (Å²) in [5.74, 6) is -1.65. The predicted octanol–water partition coefficient (Wildman–Crippen LogP) is 7.08. The molecule has 0 unspecified atom stereocenters. The minimum absolute atomic E-state index is 0.0714. The molecule has 0 aliphatic rings. The molecule has 3 aromatic rings. The molecule has 0 saturated heterocycles. The van der Waals surface area contributed by atoms with Gasteiger partial charge in [-0.15, -0.1) is 0 Å². The fourth-order valence-electron chi connectivity index (χ4n) is 4.17. The van der Waals surface area contributed by atoms with E-state index in [9.17, 15) is 62.3 Å². The molecule has 0 aromatic heterocycles. The molecule has 0 heterocycles. The number of amides is 2. The van der Waals surface area contributed by atoms with Crippen LogP contribution in [-0.4, -0.2) is 75.1 Å². The molecule has 0 radical (unpaired) electrons. The highest BCUT2D eigenvalue weighted by Crippen LogP contribution is 2.28. The highest BCUT2D eigenvalue weighted by Gasteiger charge is 2.38. The summed E-state index contributed by atoms with van der Waals surface area (Å²) in [6, 6.07) is 14.0. The number of hydrogen-bond acceptors (Lipinski definition) is 6. The molecule has 3 rings (SSSR count). The van der Waals surface area contributed by atoms with Gasteiger partial charge in [0.15, 0.2) is 0 Å². The van der Waals surface area contributed by atoms with E-state index in [1.54, 1.807) is 18.2 Å². The van der Waals surface area contributed by atoms with Gasteiger partial charge < -0.3 is 9.80 Å². The van der Waals surface area contributed by atoms with Crippen LogP contribution in [0, 0.1) is 0 Å². The Morgan fingerprint density at radius 1 is 0.520 bits per heavy atom. The largest absolute Gasteiger partial charge is 0.405 e. The molecule has 0 aliphatic heterocycles. The van der Waals surface area contributed by atoms with Crippen LogP contribution >= 0.6 is 0 Å². The fourth-order valence-corrected chi connectivity index (χ4v) is 4.17. The topological polar surface area (TPSA) is 89.4 Å². The van der Waals surface area contributed by atoms with Crippen molar-refractivity contribution in [1.82, 2.24) is 10.9 Å². The zero-order valence-corrected chi connectivity index (χ0v) is 25.1. The van der Waals surface area contributed by atoms with E-state index in [0.717, 1.165) is 48.5 Å². The molecular weight excluding hydrogens is 704 g/mol. The normalized spacial score (nSPS) is 12.7. The first kappa shape index (κ1) is 39.1. The average molecular weight is 729 g/mol. The van der Waals surface area contributed by atoms with E-state index in [1.165, 1.54) is 18.5 Å². The third-order valence-electron chi connectivity index (χ3n) is 6.14. The minimum atomic E-state index is -4.91. The summed E-state index contributed by atoms with van der Waals surface area (Å²) in [6.45, 7) is -7.45. The van der Waals surface area contributed by atoms with Crippen LogP contribution in [-0.2, 0) is 0 Å². The molecule has 0 saturated carbocycles. The van der Waals surface area contributed by atoms with Gasteiger partial charge in [-0.25, -0.2) is 10.9 Å². The molecule has 3 aromatic carbocycles. The number of benzene rings is 3. The van der Waals surface area contributed by atoms with Gasteiger partial charge in [-0.2, -0.15) is 62.9 Å². The molecule has 20 heteroatoms. The van der Waals surface area contributed by atoms with Crippen molar-refractivity contribution in [3.63, 3.8) is 0 Å². The van der Waals surface area contributed by atoms with Crippen molar-refractivity contribution in [3.8, 4) is 0 Å². The van der Waals surface area contributed by atoms with Crippen molar-refractivity contribution in [1.29, 1.82) is 0 Å². The maximum Gasteiger partial charge on any atom is 0.405 e. The van der Waals surface area contributed by atoms with Crippen LogP contribution in [0.1, 0.15) is 31.8 Å². The van der Waals surface area contributed by atoms with Gasteiger partial charge in [0.25, 0.3) is 11.8 Å². The van der Waals surface area contributed by atoms with E-state index >= 15 is 0 Å². The van der Waals surface area contributed by atoms with Crippen LogP contribution in [0.4, 0.5) is 64.1 Å². The molecule has 0 atom stereocenters. The summed E-state index contributed by atoms with van der Waals surface area (Å²) in [5, 5.41) is 7.49. The van der Waals surface area contributed by atoms with E-state index in [1.807, 2.05) is 0 Å². The second-order valence-electron chi connectivity index (χ2n) is 10.3. The zero-order valence-electron chi connectivity index (χ0n) is 25.1. The first-order chi connectivity index (χ1) is 23.1. The van der Waals surface area contributed by atoms with Gasteiger partial charge in [0.05, 0.1) is 12.4 Å². The van der Waals surface area contributed by atoms with Gasteiger partial charge in [0.1, 0.15) is 26.2 Å². The predicted molar refractivity (Wildman–Crippen MR) is 158 cm³/mol. The molecule has 8 nitrogen and oxygen atoms in total. The molecule has 2 amide bonds. The third-order valence-corrected chi connectivity index (χ3v) is 6.14. The van der Waals surface area contributed by atoms with Crippen molar-refractivity contribution in [3.05, 3.63) is 95.1 Å². The van der Waals surface area contributed by atoms with E-state index in [2.05, 4.69) is 21.1 Å². The number of anilines is 2. The van der Waals surface area contributed by atoms with Crippen molar-refractivity contribution < 1.29 is 62.3 Å². The SMILES string of the molecule is O=C(N/N=C/c1cccc(/C=N/NC(=O)c2ccc(N(CC(F)(F)F)CC(F)(F)F)cc2)c1)c1ccc(N(CC(F)(F)F)CC(F)(F)F)cc1. The standard InChI is InChI=1S/C30H24F12N6O2/c31-27(32,33)15-47(16-28(34,35)36)23-8-4-21(5-9-23)25(49)45-43-13-19-2-1-3-20(12-19)14-44-46-26(50)22-6-10-24(11-7-22)48(17-29(37,38)39)18-30(40,41)42/h1-14H,15-18H2,(H,45,49)(H,46,50)/b43-13+,44-14+. The lowest BCUT2D eigenvalue weighted by atomic mass is 10.1. The Labute approximate surface area is 275 Å². The first-order valence-corrected chi connectivity index (χ1v) is 13.8. The van der Waals surface area contributed by atoms with Crippen LogP contribution in [0.3, 0.4) is 0 Å². The molecular formula is C30H24F12N6O2. The lowest BCUT2D eigenvalue weighted by Gasteiger charge is -2.27. The number of halogens is 12. The van der Waals surface area contributed by atoms with Crippen molar-refractivity contribution >= 4 is 35.6 Å². The Kier molecular flexibility index (Phi) is 12.5. The molecule has 50 heavy (non-hydrogen) atoms. The number of nitrogens with zero attached hydrogens (tertiary/aromatic N) is 4. The van der Waals surface area contributed by atoms with E-state index < -0.39 is 74.1 Å². The summed E-state index contributed by atoms with van der Waals surface area (Å²) in [4.78, 5) is 24.9. The molecule has 0 bridgehead atoms. The molecule has 0 fully saturated rings. The van der Waals surface area contributed by atoms with Crippen LogP contribution in [0.2, 0.25) is 0 Å². The Morgan fingerprint density at radius 2 is 0.820 bits per heavy atom. The second kappa shape index (κ2) is 15.9. The van der Waals surface area contributed by atoms with Gasteiger partial charge in [0, 0.05) is 22.5 Å². The number of rotatable bonds is 12. The number of alkyl halides is 12. The van der Waals surface area contributed by atoms with Gasteiger partial charge in [0.2, 0.25) is 0 Å². The van der Waals surface area contributed by atoms with Gasteiger partial charge in [-0.3, -0.25) is 9.59 Å². The maximum atomic E-state index is 12.8. The summed E-state index contributed by atoms with van der Waals surface area (Å²) in [7, 11) is 0. The highest BCUT2D eigenvalue weighted by atomic mass is 19.4. The fraction of sp³-hybridized carbons (Fsp3) is 0.267. The van der Waals surface area contributed by atoms with Gasteiger partial charge >= 0.3 is 24.7 Å². The number of carbonyl (C=O) groups excluding carboxylic acids is 2. The van der Waals surface area contributed by atoms with Gasteiger partial charge in [-0.05, 0) is 65.7 Å². The number of nitrogens with one attached hydrogen (secondary N) is 2. The summed E-state index contributed by atoms with van der Waals surface area (Å²) >= 11 is 0. The Balaban J connectivity index is 1.58. The van der Waals surface area contributed by atoms with E-state index in [0.29, 0.717) is 11.1 Å². The van der Waals surface area contributed by atoms with E-state index in [4.69, 9.17) is 0 Å². The summed E-state index contributed by atoms with van der Waals surface area (Å²) in [6.07, 6.45) is -17.3. The summed E-state index contributed by atoms with van der Waals surface area (Å²) < 4.78 is 153. The summed E-state index contributed by atoms with van der Waals surface area (Å²) in [5.41, 5.74) is 4.06. The smallest absolute Gasteiger partial charge is 0.353 e. The molecule has 0 spiro atoms. The van der Waals surface area contributed by atoms with Crippen molar-refractivity contribution in [2.45, 2.75) is 24.7 Å². The lowest BCUT2D eigenvalue weighted by Crippen LogP contribution is -2.40. The Bertz CT molecular complexity index is 1500. The average Bonchev–Trinajstić information content (AvgIpc) is 2.98. The van der Waals surface area contributed by atoms with Crippen LogP contribution in [0.25, 0.3) is 0 Å². The minimum Gasteiger partial charge on any atom is -0.353 e. The maximum absolute atomic E-state index is 12.8. The number of hydrazone groups is 2. The quantitative estimate of drug-likeness (QED) is 0.119. The monoisotopic (exact) mass is 728 g/mol. The molecule has 2 N–H and O–H groups in total. The van der Waals surface area contributed by atoms with Crippen molar-refractivity contribution in [2.24, 2.45) is 10.2 Å². The third kappa shape index (κ3) is 14.0. The Hall–Kier alpha value is -5.30. The van der Waals surface area contributed by atoms with Crippen LogP contribution < -0.4 is 20.7 Å².